The van der Waals surface area contributed by atoms with E-state index in [2.05, 4.69) is 4.98 Å². The minimum absolute atomic E-state index is 0.0862. The molecule has 0 aromatic carbocycles. The highest BCUT2D eigenvalue weighted by Crippen LogP contribution is 1.97. The first-order valence-corrected chi connectivity index (χ1v) is 2.70. The van der Waals surface area contributed by atoms with Crippen molar-refractivity contribution in [1.29, 1.82) is 5.41 Å². The fraction of sp³-hybridized carbons (Fsp3) is 0.167. The monoisotopic (exact) mass is 123 g/mol. The Balaban J connectivity index is 2.98. The highest BCUT2D eigenvalue weighted by Gasteiger charge is 1.95. The maximum absolute atomic E-state index is 7.00. The minimum Gasteiger partial charge on any atom is -0.382 e. The third-order valence-corrected chi connectivity index (χ3v) is 1.12. The van der Waals surface area contributed by atoms with Gasteiger partial charge in [-0.2, -0.15) is 0 Å². The number of H-pyrrole nitrogens is 1. The fourth-order valence-electron chi connectivity index (χ4n) is 0.661. The van der Waals surface area contributed by atoms with E-state index >= 15 is 0 Å². The summed E-state index contributed by atoms with van der Waals surface area (Å²) in [4.78, 5) is 2.93. The van der Waals surface area contributed by atoms with Gasteiger partial charge in [0.2, 0.25) is 0 Å². The smallest absolute Gasteiger partial charge is 0.139 e. The van der Waals surface area contributed by atoms with Crippen molar-refractivity contribution in [2.24, 2.45) is 5.73 Å². The van der Waals surface area contributed by atoms with E-state index in [-0.39, 0.29) is 5.84 Å². The van der Waals surface area contributed by atoms with Crippen molar-refractivity contribution in [1.82, 2.24) is 4.98 Å². The Bertz CT molecular complexity index is 224. The molecule has 0 aliphatic rings. The molecular weight excluding hydrogens is 114 g/mol. The number of rotatable bonds is 1. The van der Waals surface area contributed by atoms with E-state index in [4.69, 9.17) is 11.1 Å². The Kier molecular flexibility index (Phi) is 1.26. The zero-order chi connectivity index (χ0) is 6.85. The van der Waals surface area contributed by atoms with Crippen LogP contribution in [0.2, 0.25) is 0 Å². The first kappa shape index (κ1) is 5.88. The van der Waals surface area contributed by atoms with Crippen LogP contribution in [0.4, 0.5) is 0 Å². The van der Waals surface area contributed by atoms with E-state index in [0.717, 1.165) is 5.69 Å². The summed E-state index contributed by atoms with van der Waals surface area (Å²) in [6.07, 6.45) is 0. The third-order valence-electron chi connectivity index (χ3n) is 1.12. The fourth-order valence-corrected chi connectivity index (χ4v) is 0.661. The van der Waals surface area contributed by atoms with E-state index < -0.39 is 0 Å². The van der Waals surface area contributed by atoms with Gasteiger partial charge in [-0.1, -0.05) is 0 Å². The van der Waals surface area contributed by atoms with Gasteiger partial charge in [0, 0.05) is 5.69 Å². The van der Waals surface area contributed by atoms with Crippen LogP contribution in [0.5, 0.6) is 0 Å². The van der Waals surface area contributed by atoms with Gasteiger partial charge >= 0.3 is 0 Å². The molecule has 1 heterocycles. The molecule has 0 saturated heterocycles. The van der Waals surface area contributed by atoms with Crippen molar-refractivity contribution < 1.29 is 0 Å². The quantitative estimate of drug-likeness (QED) is 0.371. The van der Waals surface area contributed by atoms with E-state index in [1.165, 1.54) is 0 Å². The molecule has 1 aromatic heterocycles. The molecule has 3 heteroatoms. The molecule has 0 fully saturated rings. The van der Waals surface area contributed by atoms with Gasteiger partial charge in [-0.3, -0.25) is 5.41 Å². The summed E-state index contributed by atoms with van der Waals surface area (Å²) in [5.41, 5.74) is 6.89. The van der Waals surface area contributed by atoms with Crippen LogP contribution in [0.15, 0.2) is 12.1 Å². The summed E-state index contributed by atoms with van der Waals surface area (Å²) < 4.78 is 0. The van der Waals surface area contributed by atoms with Crippen molar-refractivity contribution in [2.75, 3.05) is 0 Å². The van der Waals surface area contributed by atoms with Gasteiger partial charge in [0.1, 0.15) is 5.84 Å². The lowest BCUT2D eigenvalue weighted by Crippen LogP contribution is -2.11. The Morgan fingerprint density at radius 1 is 1.67 bits per heavy atom. The standard InChI is InChI=1S/C6H9N3/c1-4-2-3-5(9-4)6(7)8/h2-3,9H,1H3,(H3,7,8). The molecule has 1 aromatic rings. The number of nitrogens with one attached hydrogen (secondary N) is 2. The third kappa shape index (κ3) is 1.10. The van der Waals surface area contributed by atoms with Gasteiger partial charge in [0.05, 0.1) is 5.69 Å². The van der Waals surface area contributed by atoms with Crippen LogP contribution in [-0.2, 0) is 0 Å². The Morgan fingerprint density at radius 2 is 2.33 bits per heavy atom. The minimum atomic E-state index is 0.0862. The molecule has 0 aliphatic carbocycles. The molecule has 0 bridgehead atoms. The summed E-state index contributed by atoms with van der Waals surface area (Å²) >= 11 is 0. The van der Waals surface area contributed by atoms with Crippen LogP contribution in [-0.4, -0.2) is 10.8 Å². The second kappa shape index (κ2) is 1.93. The van der Waals surface area contributed by atoms with Crippen LogP contribution >= 0.6 is 0 Å². The average molecular weight is 123 g/mol. The van der Waals surface area contributed by atoms with E-state index in [9.17, 15) is 0 Å². The largest absolute Gasteiger partial charge is 0.382 e. The number of nitrogens with two attached hydrogens (primary N) is 1. The molecule has 3 nitrogen and oxygen atoms in total. The van der Waals surface area contributed by atoms with Crippen LogP contribution < -0.4 is 5.73 Å². The molecule has 0 unspecified atom stereocenters. The summed E-state index contributed by atoms with van der Waals surface area (Å²) in [5, 5.41) is 7.00. The first-order valence-electron chi connectivity index (χ1n) is 2.70. The molecule has 0 saturated carbocycles. The summed E-state index contributed by atoms with van der Waals surface area (Å²) in [5.74, 6) is 0.0862. The van der Waals surface area contributed by atoms with Gasteiger partial charge in [-0.25, -0.2) is 0 Å². The number of aryl methyl sites for hydroxylation is 1. The molecule has 4 N–H and O–H groups in total. The number of amidine groups is 1. The summed E-state index contributed by atoms with van der Waals surface area (Å²) in [7, 11) is 0. The molecule has 48 valence electrons. The lowest BCUT2D eigenvalue weighted by atomic mass is 10.4. The molecular formula is C6H9N3. The number of aromatic nitrogens is 1. The SMILES string of the molecule is Cc1ccc(C(=N)N)[nH]1. The number of nitrogen functional groups attached to an aromatic ring is 1. The van der Waals surface area contributed by atoms with Gasteiger partial charge in [-0.05, 0) is 19.1 Å². The van der Waals surface area contributed by atoms with Crippen LogP contribution in [0, 0.1) is 12.3 Å². The molecule has 0 spiro atoms. The maximum Gasteiger partial charge on any atom is 0.139 e. The number of hydrogen-bond acceptors (Lipinski definition) is 1. The van der Waals surface area contributed by atoms with Crippen LogP contribution in [0.3, 0.4) is 0 Å². The van der Waals surface area contributed by atoms with Gasteiger partial charge in [0.15, 0.2) is 0 Å². The Labute approximate surface area is 53.4 Å². The zero-order valence-electron chi connectivity index (χ0n) is 5.23. The topological polar surface area (TPSA) is 65.7 Å². The molecule has 0 atom stereocenters. The molecule has 0 aliphatic heterocycles. The Hall–Kier alpha value is -1.25. The van der Waals surface area contributed by atoms with Crippen LogP contribution in [0.1, 0.15) is 11.4 Å². The van der Waals surface area contributed by atoms with E-state index in [0.29, 0.717) is 5.69 Å². The lowest BCUT2D eigenvalue weighted by Gasteiger charge is -1.88. The highest BCUT2D eigenvalue weighted by molar-refractivity contribution is 5.93. The van der Waals surface area contributed by atoms with E-state index in [1.807, 2.05) is 13.0 Å². The van der Waals surface area contributed by atoms with Crippen molar-refractivity contribution in [2.45, 2.75) is 6.92 Å². The summed E-state index contributed by atoms with van der Waals surface area (Å²) in [6.45, 7) is 1.92. The number of aromatic amines is 1. The van der Waals surface area contributed by atoms with Crippen LogP contribution in [0.25, 0.3) is 0 Å². The first-order chi connectivity index (χ1) is 4.20. The summed E-state index contributed by atoms with van der Waals surface area (Å²) in [6, 6.07) is 3.68. The van der Waals surface area contributed by atoms with Gasteiger partial charge in [-0.15, -0.1) is 0 Å². The lowest BCUT2D eigenvalue weighted by molar-refractivity contribution is 1.23. The normalized spacial score (nSPS) is 9.44. The van der Waals surface area contributed by atoms with Gasteiger partial charge in [0.25, 0.3) is 0 Å². The predicted molar refractivity (Wildman–Crippen MR) is 36.5 cm³/mol. The highest BCUT2D eigenvalue weighted by atomic mass is 14.8. The second-order valence-corrected chi connectivity index (χ2v) is 1.97. The predicted octanol–water partition coefficient (Wildman–Crippen LogP) is 0.607. The van der Waals surface area contributed by atoms with E-state index in [1.54, 1.807) is 6.07 Å². The number of hydrogen-bond donors (Lipinski definition) is 3. The molecule has 9 heavy (non-hydrogen) atoms. The zero-order valence-corrected chi connectivity index (χ0v) is 5.23. The van der Waals surface area contributed by atoms with Crippen molar-refractivity contribution in [3.63, 3.8) is 0 Å². The molecule has 1 rings (SSSR count). The Morgan fingerprint density at radius 3 is 2.56 bits per heavy atom. The van der Waals surface area contributed by atoms with Crippen molar-refractivity contribution in [3.05, 3.63) is 23.5 Å². The molecule has 0 amide bonds. The van der Waals surface area contributed by atoms with Gasteiger partial charge < -0.3 is 10.7 Å². The molecule has 0 radical (unpaired) electrons. The van der Waals surface area contributed by atoms with Crippen molar-refractivity contribution >= 4 is 5.84 Å². The second-order valence-electron chi connectivity index (χ2n) is 1.97. The average Bonchev–Trinajstić information content (AvgIpc) is 2.14. The van der Waals surface area contributed by atoms with Crippen molar-refractivity contribution in [3.8, 4) is 0 Å². The maximum atomic E-state index is 7.00.